The number of hydrogen-bond donors (Lipinski definition) is 2. The third-order valence-electron chi connectivity index (χ3n) is 5.73. The molecular weight excluding hydrogens is 450 g/mol. The van der Waals surface area contributed by atoms with Gasteiger partial charge in [-0.1, -0.05) is 48.5 Å². The smallest absolute Gasteiger partial charge is 0.331 e. The molecule has 7 nitrogen and oxygen atoms in total. The van der Waals surface area contributed by atoms with Crippen molar-refractivity contribution in [2.75, 3.05) is 12.0 Å². The van der Waals surface area contributed by atoms with Gasteiger partial charge in [0, 0.05) is 25.2 Å². The summed E-state index contributed by atoms with van der Waals surface area (Å²) in [7, 11) is 1.86. The number of carbonyl (C=O) groups excluding carboxylic acids is 2. The number of carbonyl (C=O) groups is 3. The van der Waals surface area contributed by atoms with Crippen molar-refractivity contribution in [1.82, 2.24) is 9.55 Å². The maximum Gasteiger partial charge on any atom is 0.331 e. The summed E-state index contributed by atoms with van der Waals surface area (Å²) in [6.45, 7) is 0. The van der Waals surface area contributed by atoms with Crippen LogP contribution in [0, 0.1) is 0 Å². The summed E-state index contributed by atoms with van der Waals surface area (Å²) in [5.74, 6) is -1.43. The Morgan fingerprint density at radius 1 is 1.15 bits per heavy atom. The number of imidazole rings is 1. The lowest BCUT2D eigenvalue weighted by atomic mass is 9.83. The Morgan fingerprint density at radius 2 is 1.88 bits per heavy atom. The highest BCUT2D eigenvalue weighted by atomic mass is 32.2. The maximum atomic E-state index is 13.4. The van der Waals surface area contributed by atoms with Crippen molar-refractivity contribution in [1.29, 1.82) is 0 Å². The molecule has 0 aliphatic rings. The number of carboxylic acid groups (broad SMARTS) is 1. The number of carboxylic acids is 1. The van der Waals surface area contributed by atoms with Gasteiger partial charge >= 0.3 is 5.97 Å². The zero-order chi connectivity index (χ0) is 24.7. The van der Waals surface area contributed by atoms with Gasteiger partial charge in [0.2, 0.25) is 0 Å². The molecule has 178 valence electrons. The van der Waals surface area contributed by atoms with Gasteiger partial charge in [-0.2, -0.15) is 11.8 Å². The summed E-state index contributed by atoms with van der Waals surface area (Å²) in [5, 5.41) is 9.78. The van der Waals surface area contributed by atoms with E-state index >= 15 is 0 Å². The average Bonchev–Trinajstić information content (AvgIpc) is 3.25. The minimum Gasteiger partial charge on any atom is -0.480 e. The van der Waals surface area contributed by atoms with Crippen LogP contribution in [-0.2, 0) is 29.5 Å². The first-order chi connectivity index (χ1) is 16.2. The van der Waals surface area contributed by atoms with Crippen LogP contribution in [-0.4, -0.2) is 49.7 Å². The minimum atomic E-state index is -2.01. The van der Waals surface area contributed by atoms with Gasteiger partial charge in [-0.3, -0.25) is 9.59 Å². The number of aliphatic carboxylic acids is 1. The Balaban J connectivity index is 1.88. The summed E-state index contributed by atoms with van der Waals surface area (Å²) in [6.07, 6.45) is 6.46. The highest BCUT2D eigenvalue weighted by molar-refractivity contribution is 7.98. The molecule has 0 fully saturated rings. The van der Waals surface area contributed by atoms with Crippen molar-refractivity contribution >= 4 is 29.3 Å². The van der Waals surface area contributed by atoms with Crippen LogP contribution in [0.4, 0.5) is 0 Å². The third kappa shape index (κ3) is 6.01. The summed E-state index contributed by atoms with van der Waals surface area (Å²) >= 11 is 1.44. The SMILES string of the molecule is CSCCC(N)(C(=O)O)C(=O)c1ccc(CCC(=O)Cc2cn(C)cn2)cc1-c1ccccc1. The van der Waals surface area contributed by atoms with Gasteiger partial charge in [0.15, 0.2) is 11.3 Å². The van der Waals surface area contributed by atoms with E-state index in [0.29, 0.717) is 24.2 Å². The predicted molar refractivity (Wildman–Crippen MR) is 134 cm³/mol. The average molecular weight is 480 g/mol. The number of aryl methyl sites for hydroxylation is 2. The van der Waals surface area contributed by atoms with Gasteiger partial charge < -0.3 is 15.4 Å². The Hall–Kier alpha value is -3.23. The van der Waals surface area contributed by atoms with E-state index in [1.165, 1.54) is 11.8 Å². The fourth-order valence-electron chi connectivity index (χ4n) is 3.75. The zero-order valence-corrected chi connectivity index (χ0v) is 20.2. The zero-order valence-electron chi connectivity index (χ0n) is 19.4. The van der Waals surface area contributed by atoms with E-state index in [-0.39, 0.29) is 24.2 Å². The molecule has 34 heavy (non-hydrogen) atoms. The quantitative estimate of drug-likeness (QED) is 0.301. The van der Waals surface area contributed by atoms with E-state index in [4.69, 9.17) is 5.73 Å². The van der Waals surface area contributed by atoms with Crippen molar-refractivity contribution < 1.29 is 19.5 Å². The molecule has 0 spiro atoms. The summed E-state index contributed by atoms with van der Waals surface area (Å²) in [5.41, 5.74) is 7.41. The van der Waals surface area contributed by atoms with Crippen LogP contribution in [0.1, 0.15) is 34.5 Å². The fourth-order valence-corrected chi connectivity index (χ4v) is 4.28. The first-order valence-corrected chi connectivity index (χ1v) is 12.4. The molecule has 0 radical (unpaired) electrons. The molecule has 3 N–H and O–H groups in total. The van der Waals surface area contributed by atoms with Gasteiger partial charge in [0.1, 0.15) is 5.78 Å². The van der Waals surface area contributed by atoms with Gasteiger partial charge in [-0.25, -0.2) is 9.78 Å². The van der Waals surface area contributed by atoms with Crippen LogP contribution in [0.5, 0.6) is 0 Å². The Kier molecular flexibility index (Phi) is 8.41. The van der Waals surface area contributed by atoms with E-state index in [1.807, 2.05) is 55.9 Å². The van der Waals surface area contributed by atoms with Gasteiger partial charge in [0.05, 0.1) is 18.4 Å². The molecule has 2 aromatic carbocycles. The predicted octanol–water partition coefficient (Wildman–Crippen LogP) is 3.55. The molecule has 0 saturated heterocycles. The van der Waals surface area contributed by atoms with Crippen LogP contribution in [0.25, 0.3) is 11.1 Å². The second kappa shape index (κ2) is 11.3. The lowest BCUT2D eigenvalue weighted by molar-refractivity contribution is -0.141. The molecular formula is C26H29N3O4S. The molecule has 1 heterocycles. The van der Waals surface area contributed by atoms with Crippen molar-refractivity contribution in [3.63, 3.8) is 0 Å². The van der Waals surface area contributed by atoms with Crippen LogP contribution in [0.2, 0.25) is 0 Å². The van der Waals surface area contributed by atoms with E-state index < -0.39 is 17.3 Å². The molecule has 8 heteroatoms. The first kappa shape index (κ1) is 25.4. The van der Waals surface area contributed by atoms with Crippen LogP contribution in [0.3, 0.4) is 0 Å². The summed E-state index contributed by atoms with van der Waals surface area (Å²) in [4.78, 5) is 42.0. The number of nitrogens with zero attached hydrogens (tertiary/aromatic N) is 2. The fraction of sp³-hybridized carbons (Fsp3) is 0.308. The first-order valence-electron chi connectivity index (χ1n) is 11.0. The third-order valence-corrected chi connectivity index (χ3v) is 6.34. The highest BCUT2D eigenvalue weighted by Crippen LogP contribution is 2.29. The normalized spacial score (nSPS) is 12.8. The van der Waals surface area contributed by atoms with Crippen LogP contribution in [0.15, 0.2) is 61.1 Å². The molecule has 0 aliphatic heterocycles. The van der Waals surface area contributed by atoms with E-state index in [9.17, 15) is 19.5 Å². The number of rotatable bonds is 12. The second-order valence-electron chi connectivity index (χ2n) is 8.34. The summed E-state index contributed by atoms with van der Waals surface area (Å²) in [6, 6.07) is 14.6. The number of aromatic nitrogens is 2. The van der Waals surface area contributed by atoms with Crippen LogP contribution < -0.4 is 5.73 Å². The molecule has 1 unspecified atom stereocenters. The number of ketones is 2. The van der Waals surface area contributed by atoms with Crippen molar-refractivity contribution in [2.24, 2.45) is 12.8 Å². The molecule has 3 rings (SSSR count). The van der Waals surface area contributed by atoms with E-state index in [2.05, 4.69) is 4.98 Å². The van der Waals surface area contributed by atoms with Crippen LogP contribution >= 0.6 is 11.8 Å². The number of Topliss-reactive ketones (excluding diaryl/α,β-unsaturated/α-hetero) is 2. The maximum absolute atomic E-state index is 13.4. The lowest BCUT2D eigenvalue weighted by Gasteiger charge is -2.24. The van der Waals surface area contributed by atoms with Gasteiger partial charge in [0.25, 0.3) is 0 Å². The molecule has 0 aliphatic carbocycles. The van der Waals surface area contributed by atoms with Crippen molar-refractivity contribution in [3.8, 4) is 11.1 Å². The number of hydrogen-bond acceptors (Lipinski definition) is 6. The Morgan fingerprint density at radius 3 is 2.50 bits per heavy atom. The van der Waals surface area contributed by atoms with Gasteiger partial charge in [-0.05, 0) is 41.5 Å². The molecule has 1 atom stereocenters. The summed E-state index contributed by atoms with van der Waals surface area (Å²) < 4.78 is 1.80. The molecule has 0 saturated carbocycles. The Labute approximate surface area is 203 Å². The monoisotopic (exact) mass is 479 g/mol. The largest absolute Gasteiger partial charge is 0.480 e. The Bertz CT molecular complexity index is 1180. The molecule has 0 bridgehead atoms. The number of benzene rings is 2. The van der Waals surface area contributed by atoms with E-state index in [0.717, 1.165) is 16.8 Å². The molecule has 0 amide bonds. The molecule has 3 aromatic rings. The standard InChI is InChI=1S/C26H29N3O4S/c1-29-16-20(28-17-29)15-21(30)10-8-18-9-11-22(23(14-18)19-6-4-3-5-7-19)24(31)26(27,25(32)33)12-13-34-2/h3-7,9,11,14,16-17H,8,10,12-13,15,27H2,1-2H3,(H,32,33). The number of nitrogens with two attached hydrogens (primary N) is 1. The highest BCUT2D eigenvalue weighted by Gasteiger charge is 2.42. The number of thioether (sulfide) groups is 1. The minimum absolute atomic E-state index is 0.0281. The van der Waals surface area contributed by atoms with Crippen molar-refractivity contribution in [2.45, 2.75) is 31.2 Å². The van der Waals surface area contributed by atoms with Crippen molar-refractivity contribution in [3.05, 3.63) is 77.9 Å². The molecule has 1 aromatic heterocycles. The van der Waals surface area contributed by atoms with E-state index in [1.54, 1.807) is 23.0 Å². The van der Waals surface area contributed by atoms with Gasteiger partial charge in [-0.15, -0.1) is 0 Å². The topological polar surface area (TPSA) is 115 Å². The lowest BCUT2D eigenvalue weighted by Crippen LogP contribution is -2.55. The second-order valence-corrected chi connectivity index (χ2v) is 9.33.